The minimum absolute atomic E-state index is 0.000318. The van der Waals surface area contributed by atoms with E-state index in [0.29, 0.717) is 5.56 Å². The highest BCUT2D eigenvalue weighted by atomic mass is 35.5. The Hall–Kier alpha value is -1.10. The fourth-order valence-corrected chi connectivity index (χ4v) is 2.38. The molecule has 1 N–H and O–H groups in total. The van der Waals surface area contributed by atoms with E-state index in [-0.39, 0.29) is 10.6 Å². The van der Waals surface area contributed by atoms with Gasteiger partial charge in [-0.1, -0.05) is 23.7 Å². The summed E-state index contributed by atoms with van der Waals surface area (Å²) in [6.07, 6.45) is 0.857. The van der Waals surface area contributed by atoms with Gasteiger partial charge in [0.1, 0.15) is 6.10 Å². The van der Waals surface area contributed by atoms with Gasteiger partial charge < -0.3 is 5.11 Å². The van der Waals surface area contributed by atoms with E-state index in [2.05, 4.69) is 0 Å². The van der Waals surface area contributed by atoms with Crippen LogP contribution in [0.4, 0.5) is 8.78 Å². The average Bonchev–Trinajstić information content (AvgIpc) is 2.42. The maximum absolute atomic E-state index is 13.2. The quantitative estimate of drug-likeness (QED) is 0.669. The molecule has 0 heterocycles. The van der Waals surface area contributed by atoms with Crippen molar-refractivity contribution in [3.63, 3.8) is 0 Å². The van der Waals surface area contributed by atoms with Crippen molar-refractivity contribution in [3.8, 4) is 0 Å². The molecule has 0 spiro atoms. The van der Waals surface area contributed by atoms with Crippen LogP contribution >= 0.6 is 23.4 Å². The molecule has 0 radical (unpaired) electrons. The van der Waals surface area contributed by atoms with Gasteiger partial charge in [0.15, 0.2) is 11.6 Å². The van der Waals surface area contributed by atoms with Gasteiger partial charge in [-0.05, 0) is 36.1 Å². The molecule has 5 heteroatoms. The summed E-state index contributed by atoms with van der Waals surface area (Å²) >= 11 is 7.41. The average molecular weight is 301 g/mol. The molecule has 0 aliphatic heterocycles. The van der Waals surface area contributed by atoms with Crippen LogP contribution in [-0.4, -0.2) is 11.4 Å². The topological polar surface area (TPSA) is 20.2 Å². The Balaban J connectivity index is 2.37. The van der Waals surface area contributed by atoms with Gasteiger partial charge in [0.05, 0.1) is 0 Å². The normalized spacial score (nSPS) is 12.5. The number of aliphatic hydroxyl groups is 1. The second kappa shape index (κ2) is 5.90. The van der Waals surface area contributed by atoms with Crippen molar-refractivity contribution >= 4 is 23.4 Å². The van der Waals surface area contributed by atoms with E-state index in [1.807, 2.05) is 18.4 Å². The molecule has 1 nitrogen and oxygen atoms in total. The van der Waals surface area contributed by atoms with Gasteiger partial charge in [-0.2, -0.15) is 0 Å². The molecular formula is C14H11ClF2OS. The Labute approximate surface area is 119 Å². The molecule has 2 rings (SSSR count). The molecule has 0 amide bonds. The van der Waals surface area contributed by atoms with Gasteiger partial charge in [-0.15, -0.1) is 11.8 Å². The van der Waals surface area contributed by atoms with Crippen LogP contribution in [0.1, 0.15) is 17.2 Å². The van der Waals surface area contributed by atoms with Crippen LogP contribution < -0.4 is 0 Å². The van der Waals surface area contributed by atoms with Crippen molar-refractivity contribution in [2.75, 3.05) is 6.26 Å². The Morgan fingerprint density at radius 3 is 2.26 bits per heavy atom. The summed E-state index contributed by atoms with van der Waals surface area (Å²) in [4.78, 5) is 1.05. The number of benzene rings is 2. The Morgan fingerprint density at radius 2 is 1.68 bits per heavy atom. The maximum atomic E-state index is 13.2. The molecule has 0 bridgehead atoms. The van der Waals surface area contributed by atoms with Crippen LogP contribution in [0.3, 0.4) is 0 Å². The predicted molar refractivity (Wildman–Crippen MR) is 73.7 cm³/mol. The number of aliphatic hydroxyl groups excluding tert-OH is 1. The third-order valence-corrected chi connectivity index (χ3v) is 3.84. The van der Waals surface area contributed by atoms with E-state index in [4.69, 9.17) is 11.6 Å². The molecule has 2 aromatic carbocycles. The summed E-state index contributed by atoms with van der Waals surface area (Å²) < 4.78 is 26.2. The highest BCUT2D eigenvalue weighted by molar-refractivity contribution is 7.98. The van der Waals surface area contributed by atoms with E-state index in [9.17, 15) is 13.9 Å². The zero-order valence-electron chi connectivity index (χ0n) is 10.0. The lowest BCUT2D eigenvalue weighted by Crippen LogP contribution is -2.02. The minimum atomic E-state index is -1.08. The molecule has 2 aromatic rings. The Bertz CT molecular complexity index is 587. The molecule has 1 atom stereocenters. The number of hydrogen-bond donors (Lipinski definition) is 1. The number of thioether (sulfide) groups is 1. The van der Waals surface area contributed by atoms with E-state index in [0.717, 1.165) is 17.0 Å². The minimum Gasteiger partial charge on any atom is -0.384 e. The van der Waals surface area contributed by atoms with Crippen LogP contribution in [-0.2, 0) is 0 Å². The molecule has 0 saturated carbocycles. The van der Waals surface area contributed by atoms with E-state index >= 15 is 0 Å². The second-order valence-corrected chi connectivity index (χ2v) is 5.25. The first-order chi connectivity index (χ1) is 9.02. The van der Waals surface area contributed by atoms with Gasteiger partial charge in [-0.3, -0.25) is 0 Å². The highest BCUT2D eigenvalue weighted by Gasteiger charge is 2.17. The summed E-state index contributed by atoms with van der Waals surface area (Å²) in [7, 11) is 0. The summed E-state index contributed by atoms with van der Waals surface area (Å²) in [6, 6.07) is 8.94. The van der Waals surface area contributed by atoms with Gasteiger partial charge >= 0.3 is 0 Å². The molecule has 0 aromatic heterocycles. The second-order valence-electron chi connectivity index (χ2n) is 3.96. The molecule has 0 aliphatic rings. The number of hydrogen-bond acceptors (Lipinski definition) is 2. The predicted octanol–water partition coefficient (Wildman–Crippen LogP) is 4.42. The first-order valence-corrected chi connectivity index (χ1v) is 7.09. The smallest absolute Gasteiger partial charge is 0.160 e. The van der Waals surface area contributed by atoms with E-state index in [1.54, 1.807) is 23.9 Å². The summed E-state index contributed by atoms with van der Waals surface area (Å²) in [5, 5.41) is 10.2. The van der Waals surface area contributed by atoms with Crippen molar-refractivity contribution in [2.45, 2.75) is 11.0 Å². The van der Waals surface area contributed by atoms with Crippen molar-refractivity contribution in [2.24, 2.45) is 0 Å². The van der Waals surface area contributed by atoms with Crippen molar-refractivity contribution in [1.82, 2.24) is 0 Å². The highest BCUT2D eigenvalue weighted by Crippen LogP contribution is 2.30. The van der Waals surface area contributed by atoms with Crippen LogP contribution in [0.15, 0.2) is 41.3 Å². The molecule has 100 valence electrons. The van der Waals surface area contributed by atoms with Gasteiger partial charge in [0, 0.05) is 15.5 Å². The summed E-state index contributed by atoms with van der Waals surface area (Å²) in [6.45, 7) is 0. The first kappa shape index (κ1) is 14.3. The lowest BCUT2D eigenvalue weighted by molar-refractivity contribution is 0.219. The third-order valence-electron chi connectivity index (χ3n) is 2.77. The van der Waals surface area contributed by atoms with Gasteiger partial charge in [-0.25, -0.2) is 8.78 Å². The van der Waals surface area contributed by atoms with Crippen LogP contribution in [0.5, 0.6) is 0 Å². The number of rotatable bonds is 3. The summed E-state index contributed by atoms with van der Waals surface area (Å²) in [5.41, 5.74) is 0.725. The molecule has 0 fully saturated rings. The first-order valence-electron chi connectivity index (χ1n) is 5.49. The standard InChI is InChI=1S/C14H11ClF2OS/c1-19-9-4-2-8(3-5-9)14(18)10-6-12(16)13(17)7-11(10)15/h2-7,14,18H,1H3. The fraction of sp³-hybridized carbons (Fsp3) is 0.143. The lowest BCUT2D eigenvalue weighted by atomic mass is 10.0. The van der Waals surface area contributed by atoms with E-state index in [1.165, 1.54) is 0 Å². The van der Waals surface area contributed by atoms with E-state index < -0.39 is 17.7 Å². The van der Waals surface area contributed by atoms with Gasteiger partial charge in [0.2, 0.25) is 0 Å². The van der Waals surface area contributed by atoms with Crippen LogP contribution in [0, 0.1) is 11.6 Å². The Kier molecular flexibility index (Phi) is 4.45. The zero-order valence-corrected chi connectivity index (χ0v) is 11.6. The van der Waals surface area contributed by atoms with Crippen molar-refractivity contribution in [1.29, 1.82) is 0 Å². The number of halogens is 3. The third kappa shape index (κ3) is 3.08. The summed E-state index contributed by atoms with van der Waals surface area (Å²) in [5.74, 6) is -2.06. The monoisotopic (exact) mass is 300 g/mol. The van der Waals surface area contributed by atoms with Crippen molar-refractivity contribution in [3.05, 3.63) is 64.2 Å². The Morgan fingerprint density at radius 1 is 1.11 bits per heavy atom. The largest absolute Gasteiger partial charge is 0.384 e. The lowest BCUT2D eigenvalue weighted by Gasteiger charge is -2.14. The van der Waals surface area contributed by atoms with Gasteiger partial charge in [0.25, 0.3) is 0 Å². The molecule has 19 heavy (non-hydrogen) atoms. The molecule has 0 aliphatic carbocycles. The molecule has 0 saturated heterocycles. The van der Waals surface area contributed by atoms with Crippen LogP contribution in [0.25, 0.3) is 0 Å². The fourth-order valence-electron chi connectivity index (χ4n) is 1.71. The maximum Gasteiger partial charge on any atom is 0.160 e. The SMILES string of the molecule is CSc1ccc(C(O)c2cc(F)c(F)cc2Cl)cc1. The van der Waals surface area contributed by atoms with Crippen molar-refractivity contribution < 1.29 is 13.9 Å². The van der Waals surface area contributed by atoms with Crippen LogP contribution in [0.2, 0.25) is 5.02 Å². The zero-order chi connectivity index (χ0) is 14.0. The molecule has 1 unspecified atom stereocenters. The molecular weight excluding hydrogens is 290 g/mol.